The van der Waals surface area contributed by atoms with Crippen LogP contribution in [0.1, 0.15) is 13.3 Å². The van der Waals surface area contributed by atoms with E-state index in [1.54, 1.807) is 16.7 Å². The Hall–Kier alpha value is -1.49. The van der Waals surface area contributed by atoms with E-state index in [-0.39, 0.29) is 29.7 Å². The minimum atomic E-state index is -0.374. The first-order valence-corrected chi connectivity index (χ1v) is 7.14. The summed E-state index contributed by atoms with van der Waals surface area (Å²) in [6.07, 6.45) is 0.793. The molecule has 0 radical (unpaired) electrons. The standard InChI is InChI=1S/C14H17NO3S/c1-3-11-13(17)15(9-12(16)18-2)14(11)19-10-7-5-4-6-8-10/h4-8,11,14H,3,9H2,1-2H3/t11-,14+/m0/s1. The van der Waals surface area contributed by atoms with Gasteiger partial charge in [-0.1, -0.05) is 25.1 Å². The number of likely N-dealkylation sites (tertiary alicyclic amines) is 1. The average Bonchev–Trinajstić information content (AvgIpc) is 2.45. The summed E-state index contributed by atoms with van der Waals surface area (Å²) < 4.78 is 4.63. The molecule has 1 fully saturated rings. The number of carbonyl (C=O) groups excluding carboxylic acids is 2. The van der Waals surface area contributed by atoms with Crippen LogP contribution in [0.4, 0.5) is 0 Å². The fraction of sp³-hybridized carbons (Fsp3) is 0.429. The average molecular weight is 279 g/mol. The first-order chi connectivity index (χ1) is 9.17. The number of benzene rings is 1. The Kier molecular flexibility index (Phi) is 4.47. The fourth-order valence-corrected chi connectivity index (χ4v) is 3.50. The van der Waals surface area contributed by atoms with E-state index in [1.807, 2.05) is 37.3 Å². The maximum Gasteiger partial charge on any atom is 0.325 e. The van der Waals surface area contributed by atoms with Crippen molar-refractivity contribution in [2.24, 2.45) is 5.92 Å². The lowest BCUT2D eigenvalue weighted by Gasteiger charge is -2.45. The van der Waals surface area contributed by atoms with Crippen molar-refractivity contribution < 1.29 is 14.3 Å². The van der Waals surface area contributed by atoms with Gasteiger partial charge in [-0.25, -0.2) is 0 Å². The van der Waals surface area contributed by atoms with Crippen molar-refractivity contribution >= 4 is 23.6 Å². The van der Waals surface area contributed by atoms with Crippen LogP contribution in [-0.4, -0.2) is 35.8 Å². The summed E-state index contributed by atoms with van der Waals surface area (Å²) in [5.74, 6) is -0.335. The molecule has 0 bridgehead atoms. The Balaban J connectivity index is 2.06. The zero-order valence-electron chi connectivity index (χ0n) is 11.0. The zero-order chi connectivity index (χ0) is 13.8. The maximum absolute atomic E-state index is 11.9. The lowest BCUT2D eigenvalue weighted by molar-refractivity contribution is -0.158. The van der Waals surface area contributed by atoms with Crippen LogP contribution in [0.15, 0.2) is 35.2 Å². The van der Waals surface area contributed by atoms with Crippen LogP contribution in [0.25, 0.3) is 0 Å². The van der Waals surface area contributed by atoms with E-state index in [4.69, 9.17) is 0 Å². The zero-order valence-corrected chi connectivity index (χ0v) is 11.9. The first-order valence-electron chi connectivity index (χ1n) is 6.26. The van der Waals surface area contributed by atoms with E-state index >= 15 is 0 Å². The summed E-state index contributed by atoms with van der Waals surface area (Å²) in [5, 5.41) is 0.0269. The minimum Gasteiger partial charge on any atom is -0.468 e. The molecule has 0 aromatic heterocycles. The minimum absolute atomic E-state index is 0.00476. The number of nitrogens with zero attached hydrogens (tertiary/aromatic N) is 1. The van der Waals surface area contributed by atoms with Gasteiger partial charge in [0.1, 0.15) is 6.54 Å². The normalized spacial score (nSPS) is 22.0. The number of rotatable bonds is 5. The molecular formula is C14H17NO3S. The van der Waals surface area contributed by atoms with Crippen molar-refractivity contribution in [1.82, 2.24) is 4.90 Å². The lowest BCUT2D eigenvalue weighted by Crippen LogP contribution is -2.60. The Morgan fingerprint density at radius 2 is 2.05 bits per heavy atom. The predicted molar refractivity (Wildman–Crippen MR) is 73.6 cm³/mol. The topological polar surface area (TPSA) is 46.6 Å². The highest BCUT2D eigenvalue weighted by molar-refractivity contribution is 8.00. The van der Waals surface area contributed by atoms with Gasteiger partial charge in [-0.3, -0.25) is 9.59 Å². The van der Waals surface area contributed by atoms with Crippen LogP contribution in [0.2, 0.25) is 0 Å². The molecule has 1 aromatic rings. The van der Waals surface area contributed by atoms with Crippen LogP contribution in [0.3, 0.4) is 0 Å². The molecular weight excluding hydrogens is 262 g/mol. The Bertz CT molecular complexity index is 463. The van der Waals surface area contributed by atoms with Crippen molar-refractivity contribution in [3.05, 3.63) is 30.3 Å². The fourth-order valence-electron chi connectivity index (χ4n) is 2.13. The molecule has 0 aliphatic carbocycles. The van der Waals surface area contributed by atoms with Crippen LogP contribution in [-0.2, 0) is 14.3 Å². The van der Waals surface area contributed by atoms with Crippen molar-refractivity contribution in [3.63, 3.8) is 0 Å². The Morgan fingerprint density at radius 3 is 2.63 bits per heavy atom. The van der Waals surface area contributed by atoms with Crippen molar-refractivity contribution in [2.75, 3.05) is 13.7 Å². The van der Waals surface area contributed by atoms with E-state index in [2.05, 4.69) is 4.74 Å². The Morgan fingerprint density at radius 1 is 1.37 bits per heavy atom. The highest BCUT2D eigenvalue weighted by Crippen LogP contribution is 2.40. The summed E-state index contributed by atoms with van der Waals surface area (Å²) in [6.45, 7) is 2.03. The van der Waals surface area contributed by atoms with Crippen molar-refractivity contribution in [2.45, 2.75) is 23.6 Å². The summed E-state index contributed by atoms with van der Waals surface area (Å²) in [6, 6.07) is 9.91. The molecule has 5 heteroatoms. The smallest absolute Gasteiger partial charge is 0.325 e. The van der Waals surface area contributed by atoms with Crippen molar-refractivity contribution in [3.8, 4) is 0 Å². The first kappa shape index (κ1) is 13.9. The van der Waals surface area contributed by atoms with Gasteiger partial charge in [0.25, 0.3) is 0 Å². The second kappa shape index (κ2) is 6.10. The van der Waals surface area contributed by atoms with Gasteiger partial charge in [0.15, 0.2) is 0 Å². The number of β-lactam (4-membered cyclic amide) rings is 1. The van der Waals surface area contributed by atoms with E-state index in [9.17, 15) is 9.59 Å². The van der Waals surface area contributed by atoms with Gasteiger partial charge in [-0.15, -0.1) is 11.8 Å². The molecule has 1 aliphatic heterocycles. The van der Waals surface area contributed by atoms with Gasteiger partial charge < -0.3 is 9.64 Å². The molecule has 1 amide bonds. The second-order valence-corrected chi connectivity index (χ2v) is 5.57. The van der Waals surface area contributed by atoms with Crippen LogP contribution < -0.4 is 0 Å². The monoisotopic (exact) mass is 279 g/mol. The maximum atomic E-state index is 11.9. The van der Waals surface area contributed by atoms with Gasteiger partial charge in [0.05, 0.1) is 18.4 Å². The number of hydrogen-bond donors (Lipinski definition) is 0. The van der Waals surface area contributed by atoms with Gasteiger partial charge in [0.2, 0.25) is 5.91 Å². The summed E-state index contributed by atoms with van der Waals surface area (Å²) in [7, 11) is 1.34. The largest absolute Gasteiger partial charge is 0.468 e. The van der Waals surface area contributed by atoms with Gasteiger partial charge in [-0.05, 0) is 18.6 Å². The van der Waals surface area contributed by atoms with E-state index in [0.717, 1.165) is 11.3 Å². The molecule has 0 N–H and O–H groups in total. The molecule has 1 saturated heterocycles. The van der Waals surface area contributed by atoms with E-state index in [0.29, 0.717) is 0 Å². The quantitative estimate of drug-likeness (QED) is 0.612. The third kappa shape index (κ3) is 2.92. The van der Waals surface area contributed by atoms with Gasteiger partial charge in [0, 0.05) is 4.90 Å². The Labute approximate surface area is 117 Å². The van der Waals surface area contributed by atoms with Crippen LogP contribution in [0, 0.1) is 5.92 Å². The van der Waals surface area contributed by atoms with Crippen molar-refractivity contribution in [1.29, 1.82) is 0 Å². The molecule has 0 spiro atoms. The number of hydrogen-bond acceptors (Lipinski definition) is 4. The molecule has 102 valence electrons. The van der Waals surface area contributed by atoms with Crippen LogP contribution >= 0.6 is 11.8 Å². The number of thioether (sulfide) groups is 1. The molecule has 19 heavy (non-hydrogen) atoms. The number of amides is 1. The number of methoxy groups -OCH3 is 1. The van der Waals surface area contributed by atoms with E-state index < -0.39 is 0 Å². The van der Waals surface area contributed by atoms with Crippen LogP contribution in [0.5, 0.6) is 0 Å². The highest BCUT2D eigenvalue weighted by atomic mass is 32.2. The predicted octanol–water partition coefficient (Wildman–Crippen LogP) is 2.15. The van der Waals surface area contributed by atoms with Gasteiger partial charge in [-0.2, -0.15) is 0 Å². The second-order valence-electron chi connectivity index (χ2n) is 4.38. The molecule has 2 atom stereocenters. The highest BCUT2D eigenvalue weighted by Gasteiger charge is 2.47. The molecule has 4 nitrogen and oxygen atoms in total. The molecule has 2 rings (SSSR count). The molecule has 1 heterocycles. The third-order valence-electron chi connectivity index (χ3n) is 3.22. The van der Waals surface area contributed by atoms with Gasteiger partial charge >= 0.3 is 5.97 Å². The molecule has 0 saturated carbocycles. The summed E-state index contributed by atoms with van der Waals surface area (Å²) >= 11 is 1.62. The third-order valence-corrected chi connectivity index (χ3v) is 4.59. The molecule has 0 unspecified atom stereocenters. The SMILES string of the molecule is CC[C@H]1C(=O)N(CC(=O)OC)[C@@H]1Sc1ccccc1. The number of ether oxygens (including phenoxy) is 1. The molecule has 1 aliphatic rings. The lowest BCUT2D eigenvalue weighted by atomic mass is 9.95. The van der Waals surface area contributed by atoms with E-state index in [1.165, 1.54) is 7.11 Å². The summed E-state index contributed by atoms with van der Waals surface area (Å²) in [4.78, 5) is 26.0. The number of carbonyl (C=O) groups is 2. The summed E-state index contributed by atoms with van der Waals surface area (Å²) in [5.41, 5.74) is 0. The number of esters is 1. The molecule has 1 aromatic carbocycles.